The topological polar surface area (TPSA) is 80.8 Å². The third kappa shape index (κ3) is 6.40. The van der Waals surface area contributed by atoms with Gasteiger partial charge >= 0.3 is 6.01 Å². The molecule has 2 atom stereocenters. The molecular formula is C30H35FN4O2. The Morgan fingerprint density at radius 1 is 1.05 bits per heavy atom. The number of halogens is 1. The lowest BCUT2D eigenvalue weighted by Crippen LogP contribution is -2.18. The van der Waals surface area contributed by atoms with Gasteiger partial charge in [0, 0.05) is 30.8 Å². The van der Waals surface area contributed by atoms with E-state index < -0.39 is 0 Å². The Morgan fingerprint density at radius 2 is 1.81 bits per heavy atom. The molecule has 2 heterocycles. The van der Waals surface area contributed by atoms with Gasteiger partial charge in [-0.15, -0.1) is 0 Å². The van der Waals surface area contributed by atoms with E-state index in [1.807, 2.05) is 32.9 Å². The van der Waals surface area contributed by atoms with E-state index in [9.17, 15) is 4.79 Å². The Bertz CT molecular complexity index is 1380. The van der Waals surface area contributed by atoms with Crippen molar-refractivity contribution in [1.82, 2.24) is 19.9 Å². The summed E-state index contributed by atoms with van der Waals surface area (Å²) in [5.74, 6) is 0.770. The molecule has 37 heavy (non-hydrogen) atoms. The number of aryl methyl sites for hydroxylation is 2. The lowest BCUT2D eigenvalue weighted by molar-refractivity contribution is -0.119. The number of hydrogen-bond acceptors (Lipinski definition) is 5. The quantitative estimate of drug-likeness (QED) is 0.231. The molecule has 7 heteroatoms. The van der Waals surface area contributed by atoms with Crippen molar-refractivity contribution in [2.24, 2.45) is 5.92 Å². The maximum absolute atomic E-state index is 15.1. The number of hydrogen-bond donors (Lipinski definition) is 1. The minimum Gasteiger partial charge on any atom is -0.460 e. The Labute approximate surface area is 217 Å². The molecule has 0 fully saturated rings. The van der Waals surface area contributed by atoms with Crippen molar-refractivity contribution >= 4 is 16.8 Å². The van der Waals surface area contributed by atoms with Crippen LogP contribution >= 0.6 is 0 Å². The van der Waals surface area contributed by atoms with E-state index >= 15 is 4.39 Å². The van der Waals surface area contributed by atoms with E-state index in [0.717, 1.165) is 41.4 Å². The Kier molecular flexibility index (Phi) is 8.31. The Hall–Kier alpha value is -3.61. The second-order valence-electron chi connectivity index (χ2n) is 9.94. The molecule has 0 aliphatic carbocycles. The fraction of sp³-hybridized carbons (Fsp3) is 0.400. The van der Waals surface area contributed by atoms with Crippen molar-refractivity contribution in [3.8, 4) is 28.5 Å². The van der Waals surface area contributed by atoms with Gasteiger partial charge in [0.25, 0.3) is 0 Å². The monoisotopic (exact) mass is 502 g/mol. The van der Waals surface area contributed by atoms with Crippen LogP contribution in [0.25, 0.3) is 33.5 Å². The molecule has 0 saturated heterocycles. The average Bonchev–Trinajstić information content (AvgIpc) is 3.30. The van der Waals surface area contributed by atoms with Crippen LogP contribution < -0.4 is 4.74 Å². The summed E-state index contributed by atoms with van der Waals surface area (Å²) >= 11 is 0. The van der Waals surface area contributed by atoms with Crippen LogP contribution in [0.4, 0.5) is 4.39 Å². The van der Waals surface area contributed by atoms with E-state index in [4.69, 9.17) is 4.74 Å². The number of nitrogens with one attached hydrogen (secondary N) is 1. The number of carbonyl (C=O) groups excluding carboxylic acids is 1. The van der Waals surface area contributed by atoms with E-state index in [-0.39, 0.29) is 11.9 Å². The summed E-state index contributed by atoms with van der Waals surface area (Å²) < 4.78 is 21.1. The largest absolute Gasteiger partial charge is 0.460 e. The zero-order chi connectivity index (χ0) is 26.5. The van der Waals surface area contributed by atoms with Crippen molar-refractivity contribution in [3.63, 3.8) is 0 Å². The predicted octanol–water partition coefficient (Wildman–Crippen LogP) is 7.39. The first-order valence-corrected chi connectivity index (χ1v) is 13.0. The van der Waals surface area contributed by atoms with Gasteiger partial charge in [0.05, 0.1) is 16.6 Å². The molecule has 2 aromatic heterocycles. The number of ether oxygens (including phenoxy) is 1. The number of ketones is 1. The van der Waals surface area contributed by atoms with Gasteiger partial charge in [0.15, 0.2) is 0 Å². The van der Waals surface area contributed by atoms with Crippen LogP contribution in [0.1, 0.15) is 64.0 Å². The van der Waals surface area contributed by atoms with Crippen molar-refractivity contribution < 1.29 is 13.9 Å². The number of aromatic amines is 1. The third-order valence-electron chi connectivity index (χ3n) is 6.79. The van der Waals surface area contributed by atoms with Crippen molar-refractivity contribution in [1.29, 1.82) is 0 Å². The number of rotatable bonds is 11. The summed E-state index contributed by atoms with van der Waals surface area (Å²) in [4.78, 5) is 28.3. The molecule has 4 rings (SSSR count). The third-order valence-corrected chi connectivity index (χ3v) is 6.79. The van der Waals surface area contributed by atoms with E-state index in [0.29, 0.717) is 53.1 Å². The highest BCUT2D eigenvalue weighted by Crippen LogP contribution is 2.29. The van der Waals surface area contributed by atoms with Crippen molar-refractivity contribution in [2.75, 3.05) is 0 Å². The number of Topliss-reactive ketones (excluding diaryl/α,β-unsaturated/α-hetero) is 1. The highest BCUT2D eigenvalue weighted by Gasteiger charge is 2.16. The Morgan fingerprint density at radius 3 is 2.49 bits per heavy atom. The van der Waals surface area contributed by atoms with Crippen molar-refractivity contribution in [3.05, 3.63) is 59.7 Å². The van der Waals surface area contributed by atoms with Crippen LogP contribution in [-0.4, -0.2) is 31.8 Å². The van der Waals surface area contributed by atoms with Gasteiger partial charge in [-0.25, -0.2) is 19.3 Å². The van der Waals surface area contributed by atoms with Gasteiger partial charge in [0.2, 0.25) is 0 Å². The zero-order valence-electron chi connectivity index (χ0n) is 22.3. The van der Waals surface area contributed by atoms with Gasteiger partial charge in [-0.05, 0) is 73.9 Å². The van der Waals surface area contributed by atoms with Crippen LogP contribution in [0.3, 0.4) is 0 Å². The number of fused-ring (bicyclic) bond motifs is 1. The van der Waals surface area contributed by atoms with Crippen LogP contribution in [0.15, 0.2) is 42.7 Å². The maximum Gasteiger partial charge on any atom is 0.316 e. The van der Waals surface area contributed by atoms with Gasteiger partial charge in [-0.2, -0.15) is 0 Å². The molecule has 4 aromatic rings. The lowest BCUT2D eigenvalue weighted by Gasteiger charge is -2.18. The second-order valence-corrected chi connectivity index (χ2v) is 9.94. The van der Waals surface area contributed by atoms with Crippen LogP contribution in [0.2, 0.25) is 0 Å². The number of H-pyrrole nitrogens is 1. The molecule has 1 N–H and O–H groups in total. The molecule has 194 valence electrons. The first-order valence-electron chi connectivity index (χ1n) is 13.0. The van der Waals surface area contributed by atoms with Gasteiger partial charge in [-0.1, -0.05) is 32.9 Å². The summed E-state index contributed by atoms with van der Waals surface area (Å²) in [6, 6.07) is 9.44. The minimum absolute atomic E-state index is 0.0157. The summed E-state index contributed by atoms with van der Waals surface area (Å²) in [7, 11) is 0. The fourth-order valence-corrected chi connectivity index (χ4v) is 4.61. The molecule has 0 aliphatic rings. The summed E-state index contributed by atoms with van der Waals surface area (Å²) in [5.41, 5.74) is 5.73. The molecule has 0 spiro atoms. The van der Waals surface area contributed by atoms with Gasteiger partial charge in [-0.3, -0.25) is 4.79 Å². The van der Waals surface area contributed by atoms with Gasteiger partial charge in [0.1, 0.15) is 23.5 Å². The molecule has 0 radical (unpaired) electrons. The predicted molar refractivity (Wildman–Crippen MR) is 145 cm³/mol. The zero-order valence-corrected chi connectivity index (χ0v) is 22.3. The Balaban J connectivity index is 1.43. The number of nitrogens with zero attached hydrogens (tertiary/aromatic N) is 3. The fourth-order valence-electron chi connectivity index (χ4n) is 4.61. The molecular weight excluding hydrogens is 467 g/mol. The second kappa shape index (κ2) is 11.6. The van der Waals surface area contributed by atoms with Crippen molar-refractivity contribution in [2.45, 2.75) is 72.8 Å². The van der Waals surface area contributed by atoms with E-state index in [1.54, 1.807) is 18.5 Å². The molecule has 0 bridgehead atoms. The summed E-state index contributed by atoms with van der Waals surface area (Å²) in [5, 5.41) is 0. The van der Waals surface area contributed by atoms with Crippen LogP contribution in [0.5, 0.6) is 6.01 Å². The number of aromatic nitrogens is 4. The smallest absolute Gasteiger partial charge is 0.316 e. The molecule has 2 aromatic carbocycles. The lowest BCUT2D eigenvalue weighted by atomic mass is 9.96. The molecule has 0 amide bonds. The van der Waals surface area contributed by atoms with E-state index in [2.05, 4.69) is 39.8 Å². The number of imidazole rings is 1. The summed E-state index contributed by atoms with van der Waals surface area (Å²) in [6.45, 7) is 10.1. The highest BCUT2D eigenvalue weighted by molar-refractivity contribution is 5.83. The van der Waals surface area contributed by atoms with Crippen LogP contribution in [0, 0.1) is 25.6 Å². The number of carbonyl (C=O) groups is 1. The minimum atomic E-state index is -0.368. The highest BCUT2D eigenvalue weighted by atomic mass is 19.1. The molecule has 0 saturated carbocycles. The first-order chi connectivity index (χ1) is 17.8. The summed E-state index contributed by atoms with van der Waals surface area (Å²) in [6.07, 6.45) is 7.07. The van der Waals surface area contributed by atoms with E-state index in [1.165, 1.54) is 6.07 Å². The standard InChI is InChI=1S/C30H35FN4O2/c1-6-23(36)13-18(3)8-10-24(7-2)37-30-32-16-22(17-33-30)21-9-11-25(26(31)15-21)29-34-27-14-19(4)12-20(5)28(27)35-29/h9,11-12,14-18,24H,6-8,10,13H2,1-5H3,(H,34,35). The van der Waals surface area contributed by atoms with Crippen LogP contribution in [-0.2, 0) is 4.79 Å². The molecule has 6 nitrogen and oxygen atoms in total. The first kappa shape index (κ1) is 26.5. The number of benzene rings is 2. The molecule has 0 aliphatic heterocycles. The maximum atomic E-state index is 15.1. The SMILES string of the molecule is CCC(=O)CC(C)CCC(CC)Oc1ncc(-c2ccc(-c3nc4c(C)cc(C)cc4[nH]3)c(F)c2)cn1. The average molecular weight is 503 g/mol. The van der Waals surface area contributed by atoms with Gasteiger partial charge < -0.3 is 9.72 Å². The normalized spacial score (nSPS) is 13.0. The molecule has 2 unspecified atom stereocenters.